The highest BCUT2D eigenvalue weighted by molar-refractivity contribution is 6.31. The van der Waals surface area contributed by atoms with Gasteiger partial charge in [-0.05, 0) is 25.0 Å². The summed E-state index contributed by atoms with van der Waals surface area (Å²) in [4.78, 5) is 11.6. The van der Waals surface area contributed by atoms with E-state index >= 15 is 0 Å². The van der Waals surface area contributed by atoms with Crippen molar-refractivity contribution in [2.24, 2.45) is 5.73 Å². The van der Waals surface area contributed by atoms with Gasteiger partial charge in [0.25, 0.3) is 0 Å². The van der Waals surface area contributed by atoms with Crippen LogP contribution < -0.4 is 11.1 Å². The Bertz CT molecular complexity index is 368. The minimum Gasteiger partial charge on any atom is -0.348 e. The van der Waals surface area contributed by atoms with E-state index in [-0.39, 0.29) is 11.9 Å². The zero-order valence-electron chi connectivity index (χ0n) is 9.53. The summed E-state index contributed by atoms with van der Waals surface area (Å²) in [5.74, 6) is -0.144. The Morgan fingerprint density at radius 2 is 2.12 bits per heavy atom. The minimum atomic E-state index is -0.454. The molecule has 1 aromatic carbocycles. The van der Waals surface area contributed by atoms with Gasteiger partial charge in [0, 0.05) is 5.02 Å². The molecule has 0 bridgehead atoms. The van der Waals surface area contributed by atoms with Gasteiger partial charge in [-0.3, -0.25) is 4.79 Å². The van der Waals surface area contributed by atoms with Crippen LogP contribution in [0.15, 0.2) is 24.3 Å². The lowest BCUT2D eigenvalue weighted by Gasteiger charge is -2.18. The highest BCUT2D eigenvalue weighted by Gasteiger charge is 2.16. The number of nitrogens with two attached hydrogens (primary N) is 1. The Balaban J connectivity index is 2.69. The van der Waals surface area contributed by atoms with Gasteiger partial charge >= 0.3 is 0 Å². The van der Waals surface area contributed by atoms with Gasteiger partial charge in [0.15, 0.2) is 0 Å². The van der Waals surface area contributed by atoms with Gasteiger partial charge in [-0.1, -0.05) is 36.7 Å². The van der Waals surface area contributed by atoms with Crippen molar-refractivity contribution in [2.75, 3.05) is 0 Å². The third-order valence-electron chi connectivity index (χ3n) is 2.51. The van der Waals surface area contributed by atoms with Crippen LogP contribution in [0, 0.1) is 0 Å². The van der Waals surface area contributed by atoms with Gasteiger partial charge in [-0.2, -0.15) is 0 Å². The van der Waals surface area contributed by atoms with E-state index in [4.69, 9.17) is 17.3 Å². The van der Waals surface area contributed by atoms with Crippen LogP contribution in [0.2, 0.25) is 5.02 Å². The van der Waals surface area contributed by atoms with E-state index < -0.39 is 6.04 Å². The van der Waals surface area contributed by atoms with Crippen LogP contribution in [0.25, 0.3) is 0 Å². The highest BCUT2D eigenvalue weighted by atomic mass is 35.5. The summed E-state index contributed by atoms with van der Waals surface area (Å²) >= 11 is 6.03. The lowest BCUT2D eigenvalue weighted by Crippen LogP contribution is -2.41. The molecule has 3 N–H and O–H groups in total. The third-order valence-corrected chi connectivity index (χ3v) is 2.85. The topological polar surface area (TPSA) is 55.1 Å². The van der Waals surface area contributed by atoms with Gasteiger partial charge in [0.05, 0.1) is 12.1 Å². The largest absolute Gasteiger partial charge is 0.348 e. The zero-order chi connectivity index (χ0) is 12.1. The average Bonchev–Trinajstić information content (AvgIpc) is 2.28. The molecule has 2 atom stereocenters. The van der Waals surface area contributed by atoms with Gasteiger partial charge in [0.2, 0.25) is 5.91 Å². The number of benzene rings is 1. The van der Waals surface area contributed by atoms with E-state index in [9.17, 15) is 4.79 Å². The number of carbonyl (C=O) groups excluding carboxylic acids is 1. The summed E-state index contributed by atoms with van der Waals surface area (Å²) in [6.45, 7) is 3.77. The molecule has 1 amide bonds. The van der Waals surface area contributed by atoms with Crippen molar-refractivity contribution in [1.82, 2.24) is 5.32 Å². The second kappa shape index (κ2) is 5.87. The van der Waals surface area contributed by atoms with Crippen molar-refractivity contribution in [3.8, 4) is 0 Å². The van der Waals surface area contributed by atoms with Gasteiger partial charge in [-0.25, -0.2) is 0 Å². The number of hydrogen-bond donors (Lipinski definition) is 2. The zero-order valence-corrected chi connectivity index (χ0v) is 10.3. The molecule has 0 saturated carbocycles. The van der Waals surface area contributed by atoms with Crippen molar-refractivity contribution in [1.29, 1.82) is 0 Å². The molecule has 4 heteroatoms. The summed E-state index contributed by atoms with van der Waals surface area (Å²) in [7, 11) is 0. The lowest BCUT2D eigenvalue weighted by molar-refractivity contribution is -0.123. The van der Waals surface area contributed by atoms with Crippen LogP contribution in [0.5, 0.6) is 0 Å². The first-order valence-electron chi connectivity index (χ1n) is 5.36. The lowest BCUT2D eigenvalue weighted by atomic mass is 10.1. The quantitative estimate of drug-likeness (QED) is 0.848. The summed E-state index contributed by atoms with van der Waals surface area (Å²) < 4.78 is 0. The monoisotopic (exact) mass is 240 g/mol. The number of nitrogens with one attached hydrogen (secondary N) is 1. The van der Waals surface area contributed by atoms with Crippen molar-refractivity contribution >= 4 is 17.5 Å². The number of amides is 1. The minimum absolute atomic E-state index is 0.126. The second-order valence-electron chi connectivity index (χ2n) is 3.77. The molecule has 0 aliphatic rings. The number of rotatable bonds is 4. The maximum Gasteiger partial charge on any atom is 0.237 e. The van der Waals surface area contributed by atoms with Gasteiger partial charge in [0.1, 0.15) is 0 Å². The molecule has 1 unspecified atom stereocenters. The summed E-state index contributed by atoms with van der Waals surface area (Å²) in [5.41, 5.74) is 6.54. The molecule has 0 fully saturated rings. The third kappa shape index (κ3) is 3.22. The normalized spacial score (nSPS) is 14.2. The molecule has 0 saturated heterocycles. The average molecular weight is 241 g/mol. The van der Waals surface area contributed by atoms with E-state index in [0.29, 0.717) is 11.4 Å². The number of hydrogen-bond acceptors (Lipinski definition) is 2. The first-order chi connectivity index (χ1) is 7.56. The Labute approximate surface area is 101 Å². The maximum atomic E-state index is 11.6. The SMILES string of the molecule is CCC(N)C(=O)N[C@H](C)c1ccccc1Cl. The molecule has 0 heterocycles. The number of carbonyl (C=O) groups is 1. The Hall–Kier alpha value is -1.06. The smallest absolute Gasteiger partial charge is 0.237 e. The predicted octanol–water partition coefficient (Wildman–Crippen LogP) is 2.25. The van der Waals surface area contributed by atoms with E-state index in [2.05, 4.69) is 5.32 Å². The molecule has 0 aliphatic carbocycles. The molecule has 88 valence electrons. The molecule has 0 spiro atoms. The molecule has 16 heavy (non-hydrogen) atoms. The fraction of sp³-hybridized carbons (Fsp3) is 0.417. The Morgan fingerprint density at radius 1 is 1.50 bits per heavy atom. The fourth-order valence-electron chi connectivity index (χ4n) is 1.41. The predicted molar refractivity (Wildman–Crippen MR) is 66.3 cm³/mol. The molecule has 0 aliphatic heterocycles. The molecule has 0 aromatic heterocycles. The van der Waals surface area contributed by atoms with Crippen LogP contribution >= 0.6 is 11.6 Å². The van der Waals surface area contributed by atoms with Crippen LogP contribution in [-0.2, 0) is 4.79 Å². The van der Waals surface area contributed by atoms with E-state index in [1.807, 2.05) is 32.0 Å². The Morgan fingerprint density at radius 3 is 2.69 bits per heavy atom. The van der Waals surface area contributed by atoms with Gasteiger partial charge in [-0.15, -0.1) is 0 Å². The van der Waals surface area contributed by atoms with Crippen molar-refractivity contribution in [3.63, 3.8) is 0 Å². The van der Waals surface area contributed by atoms with Crippen molar-refractivity contribution in [2.45, 2.75) is 32.4 Å². The molecular formula is C12H17ClN2O. The van der Waals surface area contributed by atoms with Crippen LogP contribution in [0.3, 0.4) is 0 Å². The number of halogens is 1. The second-order valence-corrected chi connectivity index (χ2v) is 4.17. The summed E-state index contributed by atoms with van der Waals surface area (Å²) in [5, 5.41) is 3.49. The first kappa shape index (κ1) is 13.0. The van der Waals surface area contributed by atoms with Gasteiger partial charge < -0.3 is 11.1 Å². The Kier molecular flexibility index (Phi) is 4.77. The molecule has 1 rings (SSSR count). The van der Waals surface area contributed by atoms with E-state index in [1.54, 1.807) is 6.07 Å². The van der Waals surface area contributed by atoms with Crippen molar-refractivity contribution in [3.05, 3.63) is 34.9 Å². The molecular weight excluding hydrogens is 224 g/mol. The van der Waals surface area contributed by atoms with Crippen LogP contribution in [0.4, 0.5) is 0 Å². The van der Waals surface area contributed by atoms with E-state index in [1.165, 1.54) is 0 Å². The molecule has 1 aromatic rings. The highest BCUT2D eigenvalue weighted by Crippen LogP contribution is 2.21. The maximum absolute atomic E-state index is 11.6. The fourth-order valence-corrected chi connectivity index (χ4v) is 1.71. The van der Waals surface area contributed by atoms with Crippen LogP contribution in [-0.4, -0.2) is 11.9 Å². The van der Waals surface area contributed by atoms with Crippen LogP contribution in [0.1, 0.15) is 31.9 Å². The van der Waals surface area contributed by atoms with Crippen molar-refractivity contribution < 1.29 is 4.79 Å². The summed E-state index contributed by atoms with van der Waals surface area (Å²) in [6.07, 6.45) is 0.626. The standard InChI is InChI=1S/C12H17ClN2O/c1-3-11(14)12(16)15-8(2)9-6-4-5-7-10(9)13/h4-8,11H,3,14H2,1-2H3,(H,15,16)/t8-,11?/m1/s1. The summed E-state index contributed by atoms with van der Waals surface area (Å²) in [6, 6.07) is 6.87. The molecule has 0 radical (unpaired) electrons. The molecule has 3 nitrogen and oxygen atoms in total. The van der Waals surface area contributed by atoms with E-state index in [0.717, 1.165) is 5.56 Å². The first-order valence-corrected chi connectivity index (χ1v) is 5.74.